The van der Waals surface area contributed by atoms with E-state index in [1.807, 2.05) is 14.0 Å². The molecule has 0 aromatic heterocycles. The number of nitrogens with zero attached hydrogens (tertiary/aromatic N) is 1. The van der Waals surface area contributed by atoms with Gasteiger partial charge >= 0.3 is 0 Å². The van der Waals surface area contributed by atoms with Gasteiger partial charge < -0.3 is 0 Å². The molecule has 0 spiro atoms. The Morgan fingerprint density at radius 2 is 2.29 bits per heavy atom. The Kier molecular flexibility index (Phi) is 4.87. The first-order chi connectivity index (χ1) is 3.27. The molecular weight excluding hydrogens is 201 g/mol. The van der Waals surface area contributed by atoms with E-state index in [4.69, 9.17) is 0 Å². The molecule has 0 atom stereocenters. The molecule has 0 N–H and O–H groups in total. The van der Waals surface area contributed by atoms with Gasteiger partial charge in [-0.3, -0.25) is 0 Å². The SMILES string of the molecule is C/C=C\CN(C)I. The highest BCUT2D eigenvalue weighted by atomic mass is 127. The molecule has 0 heterocycles. The molecule has 0 fully saturated rings. The Balaban J connectivity index is 2.97. The Morgan fingerprint density at radius 1 is 1.71 bits per heavy atom. The highest BCUT2D eigenvalue weighted by Crippen LogP contribution is 1.90. The maximum Gasteiger partial charge on any atom is 0.0258 e. The summed E-state index contributed by atoms with van der Waals surface area (Å²) in [5.74, 6) is 0. The second kappa shape index (κ2) is 4.59. The van der Waals surface area contributed by atoms with Crippen LogP contribution in [0.3, 0.4) is 0 Å². The van der Waals surface area contributed by atoms with Crippen molar-refractivity contribution in [3.63, 3.8) is 0 Å². The van der Waals surface area contributed by atoms with Crippen LogP contribution in [0.15, 0.2) is 12.2 Å². The maximum absolute atomic E-state index is 2.25. The number of halogens is 1. The van der Waals surface area contributed by atoms with Crippen LogP contribution in [0.2, 0.25) is 0 Å². The third-order valence-corrected chi connectivity index (χ3v) is 0.987. The minimum Gasteiger partial charge on any atom is -0.247 e. The fraction of sp³-hybridized carbons (Fsp3) is 0.600. The maximum atomic E-state index is 2.25. The molecule has 0 aliphatic heterocycles. The zero-order valence-corrected chi connectivity index (χ0v) is 6.84. The van der Waals surface area contributed by atoms with Crippen molar-refractivity contribution < 1.29 is 0 Å². The average molecular weight is 211 g/mol. The zero-order valence-electron chi connectivity index (χ0n) is 4.69. The number of rotatable bonds is 2. The van der Waals surface area contributed by atoms with Crippen molar-refractivity contribution in [3.05, 3.63) is 12.2 Å². The van der Waals surface area contributed by atoms with Gasteiger partial charge in [-0.25, -0.2) is 3.11 Å². The van der Waals surface area contributed by atoms with Gasteiger partial charge in [0.05, 0.1) is 0 Å². The second-order valence-electron chi connectivity index (χ2n) is 1.36. The topological polar surface area (TPSA) is 3.24 Å². The monoisotopic (exact) mass is 211 g/mol. The lowest BCUT2D eigenvalue weighted by Gasteiger charge is -1.98. The van der Waals surface area contributed by atoms with Crippen molar-refractivity contribution in [2.75, 3.05) is 13.6 Å². The van der Waals surface area contributed by atoms with Gasteiger partial charge in [0.1, 0.15) is 0 Å². The molecule has 0 aliphatic carbocycles. The first-order valence-corrected chi connectivity index (χ1v) is 3.22. The Labute approximate surface area is 58.9 Å². The van der Waals surface area contributed by atoms with Gasteiger partial charge in [-0.05, 0) is 14.0 Å². The molecule has 1 nitrogen and oxygen atoms in total. The molecule has 0 radical (unpaired) electrons. The van der Waals surface area contributed by atoms with E-state index < -0.39 is 0 Å². The fourth-order valence-electron chi connectivity index (χ4n) is 0.251. The van der Waals surface area contributed by atoms with Gasteiger partial charge in [0.25, 0.3) is 0 Å². The van der Waals surface area contributed by atoms with Crippen molar-refractivity contribution in [2.45, 2.75) is 6.92 Å². The molecule has 0 aromatic rings. The van der Waals surface area contributed by atoms with E-state index in [9.17, 15) is 0 Å². The molecule has 0 rings (SSSR count). The van der Waals surface area contributed by atoms with Gasteiger partial charge in [-0.1, -0.05) is 12.2 Å². The third kappa shape index (κ3) is 6.43. The normalized spacial score (nSPS) is 11.4. The van der Waals surface area contributed by atoms with Crippen molar-refractivity contribution in [2.24, 2.45) is 0 Å². The zero-order chi connectivity index (χ0) is 5.70. The summed E-state index contributed by atoms with van der Waals surface area (Å²) in [5.41, 5.74) is 0. The third-order valence-electron chi connectivity index (χ3n) is 0.593. The van der Waals surface area contributed by atoms with Crippen LogP contribution in [0, 0.1) is 0 Å². The minimum atomic E-state index is 1.04. The summed E-state index contributed by atoms with van der Waals surface area (Å²) in [6.07, 6.45) is 4.17. The molecular formula is C5H10IN. The Hall–Kier alpha value is 0.430. The van der Waals surface area contributed by atoms with Gasteiger partial charge in [0.15, 0.2) is 0 Å². The van der Waals surface area contributed by atoms with E-state index in [0.717, 1.165) is 6.54 Å². The quantitative estimate of drug-likeness (QED) is 0.382. The van der Waals surface area contributed by atoms with Gasteiger partial charge in [0, 0.05) is 29.4 Å². The van der Waals surface area contributed by atoms with Crippen LogP contribution in [-0.4, -0.2) is 16.7 Å². The van der Waals surface area contributed by atoms with Crippen LogP contribution in [0.25, 0.3) is 0 Å². The Bertz CT molecular complexity index is 59.1. The molecule has 0 bridgehead atoms. The number of likely N-dealkylation sites (N-methyl/N-ethyl adjacent to an activating group) is 1. The standard InChI is InChI=1S/C5H10IN/c1-3-4-5-7(2)6/h3-4H,5H2,1-2H3/b4-3-. The van der Waals surface area contributed by atoms with Crippen molar-refractivity contribution in [1.29, 1.82) is 0 Å². The predicted octanol–water partition coefficient (Wildman–Crippen LogP) is 1.84. The lowest BCUT2D eigenvalue weighted by molar-refractivity contribution is 0.687. The van der Waals surface area contributed by atoms with Crippen LogP contribution in [0.4, 0.5) is 0 Å². The van der Waals surface area contributed by atoms with Crippen LogP contribution in [-0.2, 0) is 0 Å². The molecule has 0 saturated carbocycles. The van der Waals surface area contributed by atoms with E-state index in [2.05, 4.69) is 38.1 Å². The minimum absolute atomic E-state index is 1.04. The molecule has 0 aliphatic rings. The summed E-state index contributed by atoms with van der Waals surface area (Å²) in [6.45, 7) is 3.07. The van der Waals surface area contributed by atoms with Crippen molar-refractivity contribution in [1.82, 2.24) is 3.11 Å². The molecule has 0 saturated heterocycles. The number of hydrogen-bond acceptors (Lipinski definition) is 1. The van der Waals surface area contributed by atoms with Crippen LogP contribution < -0.4 is 0 Å². The molecule has 2 heteroatoms. The summed E-state index contributed by atoms with van der Waals surface area (Å²) in [4.78, 5) is 0. The summed E-state index contributed by atoms with van der Waals surface area (Å²) in [7, 11) is 2.04. The molecule has 42 valence electrons. The van der Waals surface area contributed by atoms with Crippen molar-refractivity contribution in [3.8, 4) is 0 Å². The first kappa shape index (κ1) is 7.43. The van der Waals surface area contributed by atoms with E-state index in [0.29, 0.717) is 0 Å². The number of hydrogen-bond donors (Lipinski definition) is 0. The molecule has 7 heavy (non-hydrogen) atoms. The van der Waals surface area contributed by atoms with Gasteiger partial charge in [-0.15, -0.1) is 0 Å². The number of allylic oxidation sites excluding steroid dienone is 1. The molecule has 0 amide bonds. The van der Waals surface area contributed by atoms with Crippen LogP contribution in [0.1, 0.15) is 6.92 Å². The highest BCUT2D eigenvalue weighted by Gasteiger charge is 1.79. The lowest BCUT2D eigenvalue weighted by Crippen LogP contribution is -2.01. The van der Waals surface area contributed by atoms with Crippen LogP contribution >= 0.6 is 22.9 Å². The predicted molar refractivity (Wildman–Crippen MR) is 41.5 cm³/mol. The summed E-state index contributed by atoms with van der Waals surface area (Å²) < 4.78 is 2.09. The van der Waals surface area contributed by atoms with Crippen LogP contribution in [0.5, 0.6) is 0 Å². The smallest absolute Gasteiger partial charge is 0.0258 e. The Morgan fingerprint density at radius 3 is 2.43 bits per heavy atom. The second-order valence-corrected chi connectivity index (χ2v) is 3.00. The molecule has 0 unspecified atom stereocenters. The van der Waals surface area contributed by atoms with Gasteiger partial charge in [-0.2, -0.15) is 0 Å². The summed E-state index contributed by atoms with van der Waals surface area (Å²) >= 11 is 2.25. The van der Waals surface area contributed by atoms with Crippen molar-refractivity contribution >= 4 is 22.9 Å². The average Bonchev–Trinajstić information content (AvgIpc) is 1.61. The molecule has 0 aromatic carbocycles. The largest absolute Gasteiger partial charge is 0.247 e. The van der Waals surface area contributed by atoms with Gasteiger partial charge in [0.2, 0.25) is 0 Å². The van der Waals surface area contributed by atoms with E-state index >= 15 is 0 Å². The lowest BCUT2D eigenvalue weighted by atomic mass is 10.5. The summed E-state index contributed by atoms with van der Waals surface area (Å²) in [5, 5.41) is 0. The highest BCUT2D eigenvalue weighted by molar-refractivity contribution is 14.1. The fourth-order valence-corrected chi connectivity index (χ4v) is 0.478. The van der Waals surface area contributed by atoms with E-state index in [1.54, 1.807) is 0 Å². The summed E-state index contributed by atoms with van der Waals surface area (Å²) in [6, 6.07) is 0. The van der Waals surface area contributed by atoms with E-state index in [1.165, 1.54) is 0 Å². The first-order valence-electron chi connectivity index (χ1n) is 2.25. The van der Waals surface area contributed by atoms with E-state index in [-0.39, 0.29) is 0 Å².